The molecule has 0 bridgehead atoms. The summed E-state index contributed by atoms with van der Waals surface area (Å²) < 4.78 is 1.000. The number of rotatable bonds is 10. The number of thioether (sulfide) groups is 1. The van der Waals surface area contributed by atoms with E-state index in [0.29, 0.717) is 5.69 Å². The Hall–Kier alpha value is -0.550. The quantitative estimate of drug-likeness (QED) is 0.517. The third-order valence-electron chi connectivity index (χ3n) is 2.59. The standard InChI is InChI=1S/C13H21NO2S2/c1-2-3-4-5-6-7-8-17-13-14-11(10-18-13)9-12(15)16/h10H,2-9H2,1H3,(H,15,16). The van der Waals surface area contributed by atoms with Gasteiger partial charge in [0.1, 0.15) is 4.34 Å². The summed E-state index contributed by atoms with van der Waals surface area (Å²) in [5.74, 6) is 0.277. The molecule has 1 heterocycles. The van der Waals surface area contributed by atoms with Crippen LogP contribution in [0.5, 0.6) is 0 Å². The lowest BCUT2D eigenvalue weighted by molar-refractivity contribution is -0.136. The van der Waals surface area contributed by atoms with Gasteiger partial charge in [-0.05, 0) is 6.42 Å². The van der Waals surface area contributed by atoms with Crippen LogP contribution in [0.1, 0.15) is 51.1 Å². The van der Waals surface area contributed by atoms with Crippen LogP contribution >= 0.6 is 23.1 Å². The minimum absolute atomic E-state index is 0.0358. The second-order valence-corrected chi connectivity index (χ2v) is 6.49. The number of carboxylic acid groups (broad SMARTS) is 1. The molecular weight excluding hydrogens is 266 g/mol. The Morgan fingerprint density at radius 1 is 1.33 bits per heavy atom. The summed E-state index contributed by atoms with van der Waals surface area (Å²) in [4.78, 5) is 14.8. The van der Waals surface area contributed by atoms with Crippen LogP contribution in [0.2, 0.25) is 0 Å². The maximum absolute atomic E-state index is 10.5. The van der Waals surface area contributed by atoms with Crippen molar-refractivity contribution in [3.63, 3.8) is 0 Å². The summed E-state index contributed by atoms with van der Waals surface area (Å²) in [5.41, 5.74) is 0.679. The lowest BCUT2D eigenvalue weighted by atomic mass is 10.1. The highest BCUT2D eigenvalue weighted by Crippen LogP contribution is 2.24. The fourth-order valence-corrected chi connectivity index (χ4v) is 3.55. The first-order valence-corrected chi connectivity index (χ1v) is 8.38. The summed E-state index contributed by atoms with van der Waals surface area (Å²) >= 11 is 3.30. The first-order chi connectivity index (χ1) is 8.72. The molecule has 5 heteroatoms. The van der Waals surface area contributed by atoms with E-state index in [0.717, 1.165) is 10.1 Å². The van der Waals surface area contributed by atoms with Gasteiger partial charge in [0.25, 0.3) is 0 Å². The number of carboxylic acids is 1. The number of thiazole rings is 1. The molecule has 1 N–H and O–H groups in total. The Balaban J connectivity index is 2.08. The molecule has 0 saturated heterocycles. The molecule has 18 heavy (non-hydrogen) atoms. The van der Waals surface area contributed by atoms with E-state index in [1.165, 1.54) is 38.5 Å². The molecule has 0 radical (unpaired) electrons. The molecule has 3 nitrogen and oxygen atoms in total. The molecule has 1 aromatic rings. The van der Waals surface area contributed by atoms with Crippen LogP contribution in [-0.4, -0.2) is 21.8 Å². The van der Waals surface area contributed by atoms with Crippen LogP contribution in [0.25, 0.3) is 0 Å². The summed E-state index contributed by atoms with van der Waals surface area (Å²) in [6, 6.07) is 0. The molecule has 102 valence electrons. The third kappa shape index (κ3) is 7.01. The summed E-state index contributed by atoms with van der Waals surface area (Å²) in [7, 11) is 0. The van der Waals surface area contributed by atoms with Crippen molar-refractivity contribution in [3.8, 4) is 0 Å². The average molecular weight is 287 g/mol. The highest BCUT2D eigenvalue weighted by molar-refractivity contribution is 8.00. The Bertz CT molecular complexity index is 353. The third-order valence-corrected chi connectivity index (χ3v) is 4.74. The zero-order valence-corrected chi connectivity index (χ0v) is 12.5. The predicted octanol–water partition coefficient (Wildman–Crippen LogP) is 4.22. The number of aromatic nitrogens is 1. The fraction of sp³-hybridized carbons (Fsp3) is 0.692. The number of hydrogen-bond acceptors (Lipinski definition) is 4. The lowest BCUT2D eigenvalue weighted by Gasteiger charge is -1.99. The molecule has 0 spiro atoms. The van der Waals surface area contributed by atoms with Crippen molar-refractivity contribution in [2.75, 3.05) is 5.75 Å². The zero-order chi connectivity index (χ0) is 13.2. The molecular formula is C13H21NO2S2. The molecule has 0 aromatic carbocycles. The van der Waals surface area contributed by atoms with E-state index in [1.807, 2.05) is 5.38 Å². The van der Waals surface area contributed by atoms with Gasteiger partial charge in [-0.15, -0.1) is 11.3 Å². The van der Waals surface area contributed by atoms with Gasteiger partial charge in [0.05, 0.1) is 12.1 Å². The van der Waals surface area contributed by atoms with Crippen LogP contribution in [0.3, 0.4) is 0 Å². The Morgan fingerprint density at radius 3 is 2.78 bits per heavy atom. The molecule has 1 aromatic heterocycles. The molecule has 0 saturated carbocycles. The van der Waals surface area contributed by atoms with Crippen molar-refractivity contribution < 1.29 is 9.90 Å². The summed E-state index contributed by atoms with van der Waals surface area (Å²) in [6.45, 7) is 2.23. The Morgan fingerprint density at radius 2 is 2.06 bits per heavy atom. The molecule has 0 aliphatic heterocycles. The molecule has 1 rings (SSSR count). The van der Waals surface area contributed by atoms with Gasteiger partial charge >= 0.3 is 5.97 Å². The van der Waals surface area contributed by atoms with E-state index < -0.39 is 5.97 Å². The fourth-order valence-electron chi connectivity index (χ4n) is 1.63. The van der Waals surface area contributed by atoms with Crippen molar-refractivity contribution in [1.29, 1.82) is 0 Å². The van der Waals surface area contributed by atoms with Gasteiger partial charge in [-0.25, -0.2) is 4.98 Å². The van der Waals surface area contributed by atoms with Gasteiger partial charge in [0, 0.05) is 11.1 Å². The van der Waals surface area contributed by atoms with E-state index in [2.05, 4.69) is 11.9 Å². The molecule has 0 aliphatic rings. The molecule has 0 unspecified atom stereocenters. The second kappa shape index (κ2) is 9.39. The Labute approximate surface area is 117 Å². The smallest absolute Gasteiger partial charge is 0.309 e. The molecule has 0 aliphatic carbocycles. The van der Waals surface area contributed by atoms with Crippen LogP contribution in [0.4, 0.5) is 0 Å². The van der Waals surface area contributed by atoms with E-state index in [4.69, 9.17) is 5.11 Å². The number of hydrogen-bond donors (Lipinski definition) is 1. The minimum atomic E-state index is -0.812. The number of nitrogens with zero attached hydrogens (tertiary/aromatic N) is 1. The van der Waals surface area contributed by atoms with E-state index in [-0.39, 0.29) is 6.42 Å². The maximum Gasteiger partial charge on any atom is 0.309 e. The van der Waals surface area contributed by atoms with Crippen molar-refractivity contribution in [2.24, 2.45) is 0 Å². The van der Waals surface area contributed by atoms with Crippen LogP contribution in [0.15, 0.2) is 9.72 Å². The highest BCUT2D eigenvalue weighted by Gasteiger charge is 2.06. The monoisotopic (exact) mass is 287 g/mol. The molecule has 0 fully saturated rings. The SMILES string of the molecule is CCCCCCCCSc1nc(CC(=O)O)cs1. The zero-order valence-electron chi connectivity index (χ0n) is 10.9. The minimum Gasteiger partial charge on any atom is -0.481 e. The maximum atomic E-state index is 10.5. The van der Waals surface area contributed by atoms with Gasteiger partial charge in [-0.2, -0.15) is 0 Å². The average Bonchev–Trinajstić information content (AvgIpc) is 2.75. The molecule has 0 amide bonds. The molecule has 0 atom stereocenters. The van der Waals surface area contributed by atoms with Crippen molar-refractivity contribution in [3.05, 3.63) is 11.1 Å². The van der Waals surface area contributed by atoms with Crippen LogP contribution < -0.4 is 0 Å². The van der Waals surface area contributed by atoms with Gasteiger partial charge in [-0.3, -0.25) is 4.79 Å². The van der Waals surface area contributed by atoms with E-state index in [1.54, 1.807) is 23.1 Å². The van der Waals surface area contributed by atoms with Gasteiger partial charge in [0.15, 0.2) is 0 Å². The largest absolute Gasteiger partial charge is 0.481 e. The van der Waals surface area contributed by atoms with E-state index in [9.17, 15) is 4.79 Å². The lowest BCUT2D eigenvalue weighted by Crippen LogP contribution is -1.99. The van der Waals surface area contributed by atoms with Gasteiger partial charge in [0.2, 0.25) is 0 Å². The summed E-state index contributed by atoms with van der Waals surface area (Å²) in [6.07, 6.45) is 7.87. The number of aliphatic carboxylic acids is 1. The van der Waals surface area contributed by atoms with Crippen molar-refractivity contribution in [2.45, 2.75) is 56.2 Å². The first kappa shape index (κ1) is 15.5. The number of unbranched alkanes of at least 4 members (excludes halogenated alkanes) is 5. The second-order valence-electron chi connectivity index (χ2n) is 4.29. The van der Waals surface area contributed by atoms with Crippen LogP contribution in [-0.2, 0) is 11.2 Å². The van der Waals surface area contributed by atoms with Crippen molar-refractivity contribution >= 4 is 29.1 Å². The number of carbonyl (C=O) groups is 1. The van der Waals surface area contributed by atoms with Gasteiger partial charge < -0.3 is 5.11 Å². The highest BCUT2D eigenvalue weighted by atomic mass is 32.2. The predicted molar refractivity (Wildman–Crippen MR) is 77.6 cm³/mol. The van der Waals surface area contributed by atoms with Crippen molar-refractivity contribution in [1.82, 2.24) is 4.98 Å². The first-order valence-electron chi connectivity index (χ1n) is 6.51. The van der Waals surface area contributed by atoms with E-state index >= 15 is 0 Å². The summed E-state index contributed by atoms with van der Waals surface area (Å²) in [5, 5.41) is 10.5. The Kier molecular flexibility index (Phi) is 8.09. The normalized spacial score (nSPS) is 10.7. The van der Waals surface area contributed by atoms with Gasteiger partial charge in [-0.1, -0.05) is 50.8 Å². The topological polar surface area (TPSA) is 50.2 Å². The van der Waals surface area contributed by atoms with Crippen LogP contribution in [0, 0.1) is 0 Å².